The molecule has 0 radical (unpaired) electrons. The highest BCUT2D eigenvalue weighted by atomic mass is 32.1. The Morgan fingerprint density at radius 3 is 2.90 bits per heavy atom. The van der Waals surface area contributed by atoms with Crippen molar-refractivity contribution in [1.29, 1.82) is 0 Å². The summed E-state index contributed by atoms with van der Waals surface area (Å²) >= 11 is 4.92. The van der Waals surface area contributed by atoms with E-state index < -0.39 is 0 Å². The molecule has 0 unspecified atom stereocenters. The average molecular weight is 293 g/mol. The summed E-state index contributed by atoms with van der Waals surface area (Å²) in [4.78, 5) is 12.2. The molecular weight excluding hydrogens is 278 g/mol. The van der Waals surface area contributed by atoms with Crippen LogP contribution in [-0.2, 0) is 13.6 Å². The van der Waals surface area contributed by atoms with Crippen molar-refractivity contribution in [2.24, 2.45) is 12.8 Å². The molecule has 0 aliphatic carbocycles. The van der Waals surface area contributed by atoms with Gasteiger partial charge in [0, 0.05) is 7.05 Å². The van der Waals surface area contributed by atoms with E-state index in [0.717, 1.165) is 5.69 Å². The second-order valence-corrected chi connectivity index (χ2v) is 4.66. The van der Waals surface area contributed by atoms with E-state index in [4.69, 9.17) is 22.4 Å². The maximum Gasteiger partial charge on any atom is 0.288 e. The van der Waals surface area contributed by atoms with Crippen LogP contribution in [0, 0.1) is 6.92 Å². The molecule has 0 atom stereocenters. The zero-order chi connectivity index (χ0) is 14.7. The van der Waals surface area contributed by atoms with Crippen molar-refractivity contribution in [1.82, 2.24) is 20.2 Å². The van der Waals surface area contributed by atoms with Crippen molar-refractivity contribution in [3.8, 4) is 0 Å². The van der Waals surface area contributed by atoms with Gasteiger partial charge in [0.2, 0.25) is 0 Å². The Hall–Kier alpha value is -2.35. The number of hydrogen-bond donors (Lipinski definition) is 2. The van der Waals surface area contributed by atoms with E-state index in [-0.39, 0.29) is 17.6 Å². The maximum atomic E-state index is 12.2. The number of aromatic nitrogens is 2. The first-order chi connectivity index (χ1) is 9.47. The summed E-state index contributed by atoms with van der Waals surface area (Å²) < 4.78 is 6.70. The standard InChI is InChI=1S/C12H15N5O2S/c1-8-6-10(16(2)14-8)11(18)15-17(12(13)20)7-9-4-3-5-19-9/h3-6H,7H2,1-2H3,(H2,13,20)(H,15,18). The second kappa shape index (κ2) is 5.74. The zero-order valence-corrected chi connectivity index (χ0v) is 12.0. The molecule has 0 fully saturated rings. The van der Waals surface area contributed by atoms with E-state index in [1.165, 1.54) is 9.69 Å². The number of aryl methyl sites for hydroxylation is 2. The van der Waals surface area contributed by atoms with Gasteiger partial charge in [0.1, 0.15) is 11.5 Å². The largest absolute Gasteiger partial charge is 0.467 e. The monoisotopic (exact) mass is 293 g/mol. The van der Waals surface area contributed by atoms with Crippen molar-refractivity contribution in [3.63, 3.8) is 0 Å². The Morgan fingerprint density at radius 2 is 2.40 bits per heavy atom. The predicted octanol–water partition coefficient (Wildman–Crippen LogP) is 0.712. The number of nitrogens with one attached hydrogen (secondary N) is 1. The first-order valence-electron chi connectivity index (χ1n) is 5.88. The van der Waals surface area contributed by atoms with E-state index in [9.17, 15) is 4.79 Å². The molecule has 0 bridgehead atoms. The third kappa shape index (κ3) is 3.15. The van der Waals surface area contributed by atoms with Gasteiger partial charge < -0.3 is 10.2 Å². The predicted molar refractivity (Wildman–Crippen MR) is 76.4 cm³/mol. The van der Waals surface area contributed by atoms with E-state index in [1.54, 1.807) is 31.5 Å². The molecule has 0 aliphatic rings. The Labute approximate surface area is 121 Å². The number of nitrogens with two attached hydrogens (primary N) is 1. The lowest BCUT2D eigenvalue weighted by atomic mass is 10.3. The molecule has 0 spiro atoms. The highest BCUT2D eigenvalue weighted by molar-refractivity contribution is 7.80. The van der Waals surface area contributed by atoms with Gasteiger partial charge in [0.15, 0.2) is 5.11 Å². The highest BCUT2D eigenvalue weighted by Crippen LogP contribution is 2.06. The molecule has 2 rings (SSSR count). The van der Waals surface area contributed by atoms with Crippen molar-refractivity contribution in [3.05, 3.63) is 41.6 Å². The van der Waals surface area contributed by atoms with E-state index in [1.807, 2.05) is 6.92 Å². The fraction of sp³-hybridized carbons (Fsp3) is 0.250. The fourth-order valence-electron chi connectivity index (χ4n) is 1.73. The molecule has 8 heteroatoms. The van der Waals surface area contributed by atoms with Gasteiger partial charge in [-0.3, -0.25) is 19.9 Å². The zero-order valence-electron chi connectivity index (χ0n) is 11.2. The fourth-order valence-corrected chi connectivity index (χ4v) is 1.84. The van der Waals surface area contributed by atoms with Crippen molar-refractivity contribution in [2.45, 2.75) is 13.5 Å². The number of hydrogen-bond acceptors (Lipinski definition) is 4. The minimum absolute atomic E-state index is 0.0497. The van der Waals surface area contributed by atoms with E-state index >= 15 is 0 Å². The van der Waals surface area contributed by atoms with Crippen LogP contribution < -0.4 is 11.2 Å². The van der Waals surface area contributed by atoms with Gasteiger partial charge in [-0.2, -0.15) is 5.10 Å². The van der Waals surface area contributed by atoms with Gasteiger partial charge >= 0.3 is 0 Å². The Morgan fingerprint density at radius 1 is 1.65 bits per heavy atom. The molecule has 2 aromatic heterocycles. The first kappa shape index (κ1) is 14.1. The summed E-state index contributed by atoms with van der Waals surface area (Å²) in [6.07, 6.45) is 1.54. The van der Waals surface area contributed by atoms with Crippen LogP contribution in [0.3, 0.4) is 0 Å². The molecule has 7 nitrogen and oxygen atoms in total. The Bertz CT molecular complexity index is 620. The van der Waals surface area contributed by atoms with Gasteiger partial charge in [0.05, 0.1) is 18.5 Å². The molecule has 106 valence electrons. The van der Waals surface area contributed by atoms with Gasteiger partial charge in [-0.25, -0.2) is 0 Å². The lowest BCUT2D eigenvalue weighted by Crippen LogP contribution is -2.48. The first-order valence-corrected chi connectivity index (χ1v) is 6.29. The van der Waals surface area contributed by atoms with Crippen molar-refractivity contribution < 1.29 is 9.21 Å². The van der Waals surface area contributed by atoms with Gasteiger partial charge in [-0.1, -0.05) is 0 Å². The molecule has 0 saturated carbocycles. The third-order valence-electron chi connectivity index (χ3n) is 2.63. The lowest BCUT2D eigenvalue weighted by molar-refractivity contribution is 0.0851. The molecule has 0 aliphatic heterocycles. The number of furan rings is 1. The topological polar surface area (TPSA) is 89.3 Å². The van der Waals surface area contributed by atoms with Crippen LogP contribution >= 0.6 is 12.2 Å². The number of thiocarbonyl (C=S) groups is 1. The molecule has 0 aromatic carbocycles. The number of carbonyl (C=O) groups is 1. The average Bonchev–Trinajstić information content (AvgIpc) is 2.97. The summed E-state index contributed by atoms with van der Waals surface area (Å²) in [6, 6.07) is 5.20. The normalized spacial score (nSPS) is 10.3. The second-order valence-electron chi connectivity index (χ2n) is 4.24. The van der Waals surface area contributed by atoms with Gasteiger partial charge in [0.25, 0.3) is 5.91 Å². The van der Waals surface area contributed by atoms with Crippen LogP contribution in [0.25, 0.3) is 0 Å². The minimum Gasteiger partial charge on any atom is -0.467 e. The van der Waals surface area contributed by atoms with Crippen LogP contribution in [0.2, 0.25) is 0 Å². The molecule has 3 N–H and O–H groups in total. The van der Waals surface area contributed by atoms with Crippen LogP contribution in [0.1, 0.15) is 21.9 Å². The summed E-state index contributed by atoms with van der Waals surface area (Å²) in [5, 5.41) is 5.51. The maximum absolute atomic E-state index is 12.2. The van der Waals surface area contributed by atoms with Crippen LogP contribution in [-0.4, -0.2) is 25.8 Å². The van der Waals surface area contributed by atoms with Crippen LogP contribution in [0.15, 0.2) is 28.9 Å². The van der Waals surface area contributed by atoms with Gasteiger partial charge in [-0.05, 0) is 37.3 Å². The van der Waals surface area contributed by atoms with Gasteiger partial charge in [-0.15, -0.1) is 0 Å². The third-order valence-corrected chi connectivity index (χ3v) is 2.85. The number of hydrazine groups is 1. The quantitative estimate of drug-likeness (QED) is 0.640. The summed E-state index contributed by atoms with van der Waals surface area (Å²) in [5.41, 5.74) is 9.41. The summed E-state index contributed by atoms with van der Waals surface area (Å²) in [7, 11) is 1.69. The number of amides is 1. The Balaban J connectivity index is 2.10. The SMILES string of the molecule is Cc1cc(C(=O)NN(Cc2ccco2)C(N)=S)n(C)n1. The van der Waals surface area contributed by atoms with Crippen molar-refractivity contribution in [2.75, 3.05) is 0 Å². The molecule has 20 heavy (non-hydrogen) atoms. The minimum atomic E-state index is -0.340. The molecule has 0 saturated heterocycles. The van der Waals surface area contributed by atoms with E-state index in [0.29, 0.717) is 11.5 Å². The number of nitrogens with zero attached hydrogens (tertiary/aromatic N) is 3. The van der Waals surface area contributed by atoms with Crippen molar-refractivity contribution >= 4 is 23.2 Å². The highest BCUT2D eigenvalue weighted by Gasteiger charge is 2.17. The van der Waals surface area contributed by atoms with Crippen LogP contribution in [0.4, 0.5) is 0 Å². The molecule has 2 heterocycles. The van der Waals surface area contributed by atoms with E-state index in [2.05, 4.69) is 10.5 Å². The number of rotatable bonds is 3. The van der Waals surface area contributed by atoms with Crippen LogP contribution in [0.5, 0.6) is 0 Å². The summed E-state index contributed by atoms with van der Waals surface area (Å²) in [6.45, 7) is 2.07. The number of carbonyl (C=O) groups excluding carboxylic acids is 1. The Kier molecular flexibility index (Phi) is 4.04. The molecule has 2 aromatic rings. The molecule has 1 amide bonds. The lowest BCUT2D eigenvalue weighted by Gasteiger charge is -2.22. The summed E-state index contributed by atoms with van der Waals surface area (Å²) in [5.74, 6) is 0.298. The molecular formula is C12H15N5O2S. The smallest absolute Gasteiger partial charge is 0.288 e.